The smallest absolute Gasteiger partial charge is 0.308 e. The van der Waals surface area contributed by atoms with Crippen molar-refractivity contribution in [3.8, 4) is 0 Å². The summed E-state index contributed by atoms with van der Waals surface area (Å²) < 4.78 is 0. The van der Waals surface area contributed by atoms with Crippen LogP contribution < -0.4 is 5.32 Å². The van der Waals surface area contributed by atoms with Gasteiger partial charge in [0.1, 0.15) is 0 Å². The Morgan fingerprint density at radius 3 is 3.00 bits per heavy atom. The van der Waals surface area contributed by atoms with Crippen LogP contribution in [0, 0.1) is 5.92 Å². The Labute approximate surface area is 85.7 Å². The number of carboxylic acid groups (broad SMARTS) is 1. The second kappa shape index (κ2) is 3.72. The molecule has 0 unspecified atom stereocenters. The van der Waals surface area contributed by atoms with Crippen molar-refractivity contribution in [1.29, 1.82) is 0 Å². The first-order chi connectivity index (χ1) is 7.18. The molecule has 1 saturated heterocycles. The van der Waals surface area contributed by atoms with Crippen LogP contribution in [0.25, 0.3) is 0 Å². The number of hydrogen-bond donors (Lipinski definition) is 3. The SMILES string of the molecule is O=C1CC[C@@H](C(=O)O)[C@H](c2cn[nH]c2)N1. The number of piperidine rings is 1. The molecular formula is C9H11N3O3. The molecule has 2 rings (SSSR count). The maximum absolute atomic E-state index is 11.2. The van der Waals surface area contributed by atoms with Gasteiger partial charge in [0.2, 0.25) is 5.91 Å². The van der Waals surface area contributed by atoms with E-state index in [9.17, 15) is 9.59 Å². The summed E-state index contributed by atoms with van der Waals surface area (Å²) in [5.74, 6) is -1.57. The fourth-order valence-corrected chi connectivity index (χ4v) is 1.81. The van der Waals surface area contributed by atoms with Crippen LogP contribution in [-0.4, -0.2) is 27.2 Å². The second-order valence-corrected chi connectivity index (χ2v) is 3.56. The lowest BCUT2D eigenvalue weighted by Crippen LogP contribution is -2.41. The van der Waals surface area contributed by atoms with Gasteiger partial charge < -0.3 is 10.4 Å². The van der Waals surface area contributed by atoms with Crippen LogP contribution in [-0.2, 0) is 9.59 Å². The van der Waals surface area contributed by atoms with E-state index in [1.807, 2.05) is 0 Å². The largest absolute Gasteiger partial charge is 0.481 e. The Bertz CT molecular complexity index is 374. The topological polar surface area (TPSA) is 95.1 Å². The van der Waals surface area contributed by atoms with Crippen LogP contribution in [0.5, 0.6) is 0 Å². The molecule has 0 aromatic carbocycles. The molecule has 2 atom stereocenters. The van der Waals surface area contributed by atoms with E-state index in [1.54, 1.807) is 6.20 Å². The Morgan fingerprint density at radius 1 is 1.60 bits per heavy atom. The molecule has 1 aromatic rings. The summed E-state index contributed by atoms with van der Waals surface area (Å²) in [6.45, 7) is 0. The zero-order valence-corrected chi connectivity index (χ0v) is 7.93. The van der Waals surface area contributed by atoms with E-state index in [-0.39, 0.29) is 12.3 Å². The fourth-order valence-electron chi connectivity index (χ4n) is 1.81. The molecule has 1 aliphatic heterocycles. The van der Waals surface area contributed by atoms with Crippen molar-refractivity contribution in [2.45, 2.75) is 18.9 Å². The van der Waals surface area contributed by atoms with Crippen LogP contribution in [0.2, 0.25) is 0 Å². The maximum Gasteiger partial charge on any atom is 0.308 e. The van der Waals surface area contributed by atoms with Crippen LogP contribution in [0.15, 0.2) is 12.4 Å². The van der Waals surface area contributed by atoms with Gasteiger partial charge in [-0.15, -0.1) is 0 Å². The molecular weight excluding hydrogens is 198 g/mol. The van der Waals surface area contributed by atoms with Crippen molar-refractivity contribution >= 4 is 11.9 Å². The summed E-state index contributed by atoms with van der Waals surface area (Å²) in [4.78, 5) is 22.2. The summed E-state index contributed by atoms with van der Waals surface area (Å²) in [6, 6.07) is -0.470. The number of carbonyl (C=O) groups is 2. The number of amides is 1. The van der Waals surface area contributed by atoms with Gasteiger partial charge in [0, 0.05) is 18.2 Å². The molecule has 0 spiro atoms. The van der Waals surface area contributed by atoms with Crippen molar-refractivity contribution in [2.24, 2.45) is 5.92 Å². The minimum absolute atomic E-state index is 0.112. The zero-order valence-electron chi connectivity index (χ0n) is 7.93. The van der Waals surface area contributed by atoms with Gasteiger partial charge in [-0.05, 0) is 6.42 Å². The number of carbonyl (C=O) groups excluding carboxylic acids is 1. The molecule has 15 heavy (non-hydrogen) atoms. The summed E-state index contributed by atoms with van der Waals surface area (Å²) >= 11 is 0. The number of aromatic nitrogens is 2. The number of rotatable bonds is 2. The maximum atomic E-state index is 11.2. The highest BCUT2D eigenvalue weighted by Crippen LogP contribution is 2.29. The Kier molecular flexibility index (Phi) is 2.40. The molecule has 0 saturated carbocycles. The number of aromatic amines is 1. The molecule has 1 fully saturated rings. The van der Waals surface area contributed by atoms with E-state index < -0.39 is 17.9 Å². The lowest BCUT2D eigenvalue weighted by molar-refractivity contribution is -0.145. The average molecular weight is 209 g/mol. The van der Waals surface area contributed by atoms with Gasteiger partial charge in [-0.1, -0.05) is 0 Å². The third kappa shape index (κ3) is 1.83. The third-order valence-electron chi connectivity index (χ3n) is 2.60. The highest BCUT2D eigenvalue weighted by molar-refractivity contribution is 5.81. The summed E-state index contributed by atoms with van der Waals surface area (Å²) in [5.41, 5.74) is 0.704. The van der Waals surface area contributed by atoms with Gasteiger partial charge in [-0.2, -0.15) is 5.10 Å². The normalized spacial score (nSPS) is 26.0. The summed E-state index contributed by atoms with van der Waals surface area (Å²) in [7, 11) is 0. The molecule has 80 valence electrons. The molecule has 0 aliphatic carbocycles. The first-order valence-electron chi connectivity index (χ1n) is 4.69. The van der Waals surface area contributed by atoms with E-state index in [1.165, 1.54) is 6.20 Å². The molecule has 6 heteroatoms. The van der Waals surface area contributed by atoms with Crippen molar-refractivity contribution in [2.75, 3.05) is 0 Å². The lowest BCUT2D eigenvalue weighted by Gasteiger charge is -2.28. The summed E-state index contributed by atoms with van der Waals surface area (Å²) in [5, 5.41) is 18.0. The first kappa shape index (κ1) is 9.70. The molecule has 6 nitrogen and oxygen atoms in total. The van der Waals surface area contributed by atoms with Gasteiger partial charge in [-0.3, -0.25) is 14.7 Å². The number of nitrogens with one attached hydrogen (secondary N) is 2. The molecule has 1 aliphatic rings. The average Bonchev–Trinajstić information content (AvgIpc) is 2.69. The van der Waals surface area contributed by atoms with Gasteiger partial charge in [0.05, 0.1) is 18.2 Å². The Hall–Kier alpha value is -1.85. The minimum atomic E-state index is -0.888. The van der Waals surface area contributed by atoms with E-state index >= 15 is 0 Å². The zero-order chi connectivity index (χ0) is 10.8. The fraction of sp³-hybridized carbons (Fsp3) is 0.444. The molecule has 1 aromatic heterocycles. The van der Waals surface area contributed by atoms with E-state index in [2.05, 4.69) is 15.5 Å². The Morgan fingerprint density at radius 2 is 2.40 bits per heavy atom. The molecule has 0 radical (unpaired) electrons. The predicted molar refractivity (Wildman–Crippen MR) is 49.8 cm³/mol. The van der Waals surface area contributed by atoms with Gasteiger partial charge >= 0.3 is 5.97 Å². The standard InChI is InChI=1S/C9H11N3O3/c13-7-2-1-6(9(14)15)8(12-7)5-3-10-11-4-5/h3-4,6,8H,1-2H2,(H,10,11)(H,12,13)(H,14,15)/t6-,8+/m1/s1. The third-order valence-corrected chi connectivity index (χ3v) is 2.60. The lowest BCUT2D eigenvalue weighted by atomic mass is 9.87. The minimum Gasteiger partial charge on any atom is -0.481 e. The van der Waals surface area contributed by atoms with Crippen LogP contribution in [0.3, 0.4) is 0 Å². The van der Waals surface area contributed by atoms with Crippen molar-refractivity contribution < 1.29 is 14.7 Å². The molecule has 0 bridgehead atoms. The monoisotopic (exact) mass is 209 g/mol. The quantitative estimate of drug-likeness (QED) is 0.641. The van der Waals surface area contributed by atoms with Crippen molar-refractivity contribution in [3.05, 3.63) is 18.0 Å². The number of aliphatic carboxylic acids is 1. The first-order valence-corrected chi connectivity index (χ1v) is 4.69. The number of nitrogens with zero attached hydrogens (tertiary/aromatic N) is 1. The highest BCUT2D eigenvalue weighted by Gasteiger charge is 2.35. The number of H-pyrrole nitrogens is 1. The van der Waals surface area contributed by atoms with Crippen molar-refractivity contribution in [1.82, 2.24) is 15.5 Å². The van der Waals surface area contributed by atoms with Gasteiger partial charge in [0.25, 0.3) is 0 Å². The van der Waals surface area contributed by atoms with Crippen molar-refractivity contribution in [3.63, 3.8) is 0 Å². The predicted octanol–water partition coefficient (Wildman–Crippen LogP) is 0.0616. The number of hydrogen-bond acceptors (Lipinski definition) is 3. The number of carboxylic acids is 1. The second-order valence-electron chi connectivity index (χ2n) is 3.56. The Balaban J connectivity index is 2.24. The molecule has 3 N–H and O–H groups in total. The molecule has 1 amide bonds. The van der Waals surface area contributed by atoms with E-state index in [0.717, 1.165) is 0 Å². The van der Waals surface area contributed by atoms with Crippen LogP contribution in [0.4, 0.5) is 0 Å². The van der Waals surface area contributed by atoms with Gasteiger partial charge in [-0.25, -0.2) is 0 Å². The molecule has 2 heterocycles. The van der Waals surface area contributed by atoms with E-state index in [4.69, 9.17) is 5.11 Å². The summed E-state index contributed by atoms with van der Waals surface area (Å²) in [6.07, 6.45) is 3.78. The van der Waals surface area contributed by atoms with Gasteiger partial charge in [0.15, 0.2) is 0 Å². The van der Waals surface area contributed by atoms with Crippen LogP contribution in [0.1, 0.15) is 24.4 Å². The van der Waals surface area contributed by atoms with Crippen LogP contribution >= 0.6 is 0 Å². The van der Waals surface area contributed by atoms with E-state index in [0.29, 0.717) is 12.0 Å². The highest BCUT2D eigenvalue weighted by atomic mass is 16.4.